The molecular weight excluding hydrogens is 338 g/mol. The number of non-ortho nitro benzene ring substituents is 1. The summed E-state index contributed by atoms with van der Waals surface area (Å²) in [5, 5.41) is 11.2. The molecule has 2 heterocycles. The van der Waals surface area contributed by atoms with E-state index in [0.29, 0.717) is 22.3 Å². The smallest absolute Gasteiger partial charge is 0.270 e. The summed E-state index contributed by atoms with van der Waals surface area (Å²) in [6.07, 6.45) is 5.41. The lowest BCUT2D eigenvalue weighted by atomic mass is 10.1. The standard InChI is InChI=1S/C17H17N5O2S/c1-10(2)14-8-20-15(9-19-14)16-7-13(21-17(18)25-16)11-4-3-5-12(6-11)22(23)24/h3-10,16H,1-2H3,(H2,18,21). The van der Waals surface area contributed by atoms with Crippen LogP contribution in [0, 0.1) is 10.1 Å². The summed E-state index contributed by atoms with van der Waals surface area (Å²) in [7, 11) is 0. The number of benzene rings is 1. The van der Waals surface area contributed by atoms with Gasteiger partial charge in [0.25, 0.3) is 5.69 Å². The molecule has 2 N–H and O–H groups in total. The van der Waals surface area contributed by atoms with Crippen molar-refractivity contribution in [3.63, 3.8) is 0 Å². The number of hydrogen-bond donors (Lipinski definition) is 1. The molecule has 0 bridgehead atoms. The summed E-state index contributed by atoms with van der Waals surface area (Å²) in [6.45, 7) is 4.12. The summed E-state index contributed by atoms with van der Waals surface area (Å²) in [5.41, 5.74) is 8.92. The lowest BCUT2D eigenvalue weighted by molar-refractivity contribution is -0.384. The van der Waals surface area contributed by atoms with E-state index in [1.54, 1.807) is 24.5 Å². The minimum absolute atomic E-state index is 0.0167. The number of nitrogens with two attached hydrogens (primary N) is 1. The van der Waals surface area contributed by atoms with Gasteiger partial charge in [0.15, 0.2) is 5.17 Å². The van der Waals surface area contributed by atoms with E-state index in [4.69, 9.17) is 5.73 Å². The van der Waals surface area contributed by atoms with Crippen molar-refractivity contribution in [2.45, 2.75) is 25.0 Å². The average molecular weight is 355 g/mol. The molecule has 0 amide bonds. The van der Waals surface area contributed by atoms with E-state index < -0.39 is 4.92 Å². The van der Waals surface area contributed by atoms with Gasteiger partial charge in [0.05, 0.1) is 33.5 Å². The minimum atomic E-state index is -0.428. The molecule has 0 radical (unpaired) electrons. The van der Waals surface area contributed by atoms with Gasteiger partial charge in [-0.3, -0.25) is 20.1 Å². The number of hydrogen-bond acceptors (Lipinski definition) is 7. The summed E-state index contributed by atoms with van der Waals surface area (Å²) < 4.78 is 0. The Morgan fingerprint density at radius 3 is 2.72 bits per heavy atom. The summed E-state index contributed by atoms with van der Waals surface area (Å²) in [5.74, 6) is 0.308. The highest BCUT2D eigenvalue weighted by Crippen LogP contribution is 2.37. The Morgan fingerprint density at radius 2 is 2.08 bits per heavy atom. The zero-order valence-corrected chi connectivity index (χ0v) is 14.6. The zero-order valence-electron chi connectivity index (χ0n) is 13.8. The lowest BCUT2D eigenvalue weighted by Crippen LogP contribution is -2.14. The van der Waals surface area contributed by atoms with Crippen LogP contribution in [-0.4, -0.2) is 20.1 Å². The second-order valence-electron chi connectivity index (χ2n) is 5.87. The Balaban J connectivity index is 1.94. The van der Waals surface area contributed by atoms with Crippen LogP contribution in [0.5, 0.6) is 0 Å². The quantitative estimate of drug-likeness (QED) is 0.662. The van der Waals surface area contributed by atoms with E-state index >= 15 is 0 Å². The molecule has 128 valence electrons. The predicted octanol–water partition coefficient (Wildman–Crippen LogP) is 3.65. The first-order valence-corrected chi connectivity index (χ1v) is 8.61. The van der Waals surface area contributed by atoms with E-state index in [2.05, 4.69) is 28.8 Å². The Hall–Kier alpha value is -2.74. The first-order chi connectivity index (χ1) is 11.9. The molecule has 3 rings (SSSR count). The largest absolute Gasteiger partial charge is 0.378 e. The van der Waals surface area contributed by atoms with Gasteiger partial charge in [0.1, 0.15) is 0 Å². The van der Waals surface area contributed by atoms with E-state index in [1.807, 2.05) is 6.08 Å². The van der Waals surface area contributed by atoms with E-state index in [-0.39, 0.29) is 10.9 Å². The van der Waals surface area contributed by atoms with Crippen LogP contribution in [0.25, 0.3) is 5.70 Å². The highest BCUT2D eigenvalue weighted by molar-refractivity contribution is 8.14. The first kappa shape index (κ1) is 17.1. The fraction of sp³-hybridized carbons (Fsp3) is 0.235. The molecule has 0 saturated heterocycles. The number of nitrogens with zero attached hydrogens (tertiary/aromatic N) is 4. The average Bonchev–Trinajstić information content (AvgIpc) is 2.61. The molecule has 7 nitrogen and oxygen atoms in total. The molecule has 25 heavy (non-hydrogen) atoms. The topological polar surface area (TPSA) is 107 Å². The third kappa shape index (κ3) is 3.85. The van der Waals surface area contributed by atoms with Crippen molar-refractivity contribution in [2.24, 2.45) is 10.7 Å². The third-order valence-electron chi connectivity index (χ3n) is 3.72. The molecule has 0 aliphatic carbocycles. The molecule has 0 spiro atoms. The predicted molar refractivity (Wildman–Crippen MR) is 99.1 cm³/mol. The third-order valence-corrected chi connectivity index (χ3v) is 4.68. The van der Waals surface area contributed by atoms with Crippen molar-refractivity contribution in [3.8, 4) is 0 Å². The molecule has 0 fully saturated rings. The second kappa shape index (κ2) is 7.02. The van der Waals surface area contributed by atoms with Crippen LogP contribution >= 0.6 is 11.8 Å². The van der Waals surface area contributed by atoms with E-state index in [0.717, 1.165) is 11.4 Å². The van der Waals surface area contributed by atoms with Crippen molar-refractivity contribution < 1.29 is 4.92 Å². The van der Waals surface area contributed by atoms with Gasteiger partial charge in [-0.15, -0.1) is 0 Å². The lowest BCUT2D eigenvalue weighted by Gasteiger charge is -2.18. The van der Waals surface area contributed by atoms with E-state index in [9.17, 15) is 10.1 Å². The number of aliphatic imine (C=N–C) groups is 1. The van der Waals surface area contributed by atoms with Crippen LogP contribution in [0.2, 0.25) is 0 Å². The number of amidine groups is 1. The summed E-state index contributed by atoms with van der Waals surface area (Å²) >= 11 is 1.38. The fourth-order valence-corrected chi connectivity index (χ4v) is 3.22. The van der Waals surface area contributed by atoms with Crippen LogP contribution in [0.3, 0.4) is 0 Å². The Bertz CT molecular complexity index is 862. The van der Waals surface area contributed by atoms with Gasteiger partial charge in [-0.05, 0) is 12.0 Å². The Kier molecular flexibility index (Phi) is 4.80. The molecule has 2 aromatic rings. The SMILES string of the molecule is CC(C)c1cnc(C2C=C(c3cccc([N+](=O)[O-])c3)N=C(N)S2)cn1. The van der Waals surface area contributed by atoms with Gasteiger partial charge in [-0.1, -0.05) is 37.7 Å². The number of aromatic nitrogens is 2. The molecule has 0 saturated carbocycles. The fourth-order valence-electron chi connectivity index (χ4n) is 2.37. The second-order valence-corrected chi connectivity index (χ2v) is 7.03. The number of rotatable bonds is 4. The molecule has 1 unspecified atom stereocenters. The van der Waals surface area contributed by atoms with Crippen molar-refractivity contribution in [3.05, 3.63) is 69.8 Å². The molecule has 1 aromatic carbocycles. The van der Waals surface area contributed by atoms with Crippen LogP contribution in [0.4, 0.5) is 5.69 Å². The number of nitro benzene ring substituents is 1. The molecule has 8 heteroatoms. The molecule has 1 atom stereocenters. The van der Waals surface area contributed by atoms with Gasteiger partial charge in [0, 0.05) is 23.9 Å². The monoisotopic (exact) mass is 355 g/mol. The van der Waals surface area contributed by atoms with Crippen molar-refractivity contribution in [1.82, 2.24) is 9.97 Å². The summed E-state index contributed by atoms with van der Waals surface area (Å²) in [4.78, 5) is 23.8. The van der Waals surface area contributed by atoms with Crippen molar-refractivity contribution in [1.29, 1.82) is 0 Å². The first-order valence-electron chi connectivity index (χ1n) is 7.73. The van der Waals surface area contributed by atoms with Gasteiger partial charge in [-0.25, -0.2) is 4.99 Å². The number of thioether (sulfide) groups is 1. The van der Waals surface area contributed by atoms with Crippen molar-refractivity contribution >= 4 is 28.3 Å². The van der Waals surface area contributed by atoms with Gasteiger partial charge >= 0.3 is 0 Å². The maximum Gasteiger partial charge on any atom is 0.270 e. The number of nitro groups is 1. The van der Waals surface area contributed by atoms with Crippen LogP contribution in [0.15, 0.2) is 47.7 Å². The van der Waals surface area contributed by atoms with Crippen molar-refractivity contribution in [2.75, 3.05) is 0 Å². The molecule has 1 aliphatic rings. The normalized spacial score (nSPS) is 17.2. The van der Waals surface area contributed by atoms with Crippen LogP contribution in [0.1, 0.15) is 42.0 Å². The van der Waals surface area contributed by atoms with Crippen LogP contribution in [-0.2, 0) is 0 Å². The Morgan fingerprint density at radius 1 is 1.28 bits per heavy atom. The minimum Gasteiger partial charge on any atom is -0.378 e. The van der Waals surface area contributed by atoms with E-state index in [1.165, 1.54) is 23.9 Å². The van der Waals surface area contributed by atoms with Gasteiger partial charge in [0.2, 0.25) is 0 Å². The summed E-state index contributed by atoms with van der Waals surface area (Å²) in [6, 6.07) is 6.34. The van der Waals surface area contributed by atoms with Gasteiger partial charge in [-0.2, -0.15) is 0 Å². The highest BCUT2D eigenvalue weighted by Gasteiger charge is 2.21. The zero-order chi connectivity index (χ0) is 18.0. The molecular formula is C17H17N5O2S. The molecule has 1 aromatic heterocycles. The maximum atomic E-state index is 11.0. The molecule has 1 aliphatic heterocycles. The Labute approximate surface area is 149 Å². The highest BCUT2D eigenvalue weighted by atomic mass is 32.2. The van der Waals surface area contributed by atoms with Gasteiger partial charge < -0.3 is 5.73 Å². The maximum absolute atomic E-state index is 11.0. The van der Waals surface area contributed by atoms with Crippen LogP contribution < -0.4 is 5.73 Å².